The van der Waals surface area contributed by atoms with Gasteiger partial charge in [-0.3, -0.25) is 0 Å². The topological polar surface area (TPSA) is 41.1 Å². The number of aryl methyl sites for hydroxylation is 1. The number of benzene rings is 1. The number of nitrogens with zero attached hydrogens (tertiary/aromatic N) is 3. The fourth-order valence-electron chi connectivity index (χ4n) is 2.74. The van der Waals surface area contributed by atoms with Gasteiger partial charge in [-0.15, -0.1) is 0 Å². The Kier molecular flexibility index (Phi) is 4.25. The van der Waals surface area contributed by atoms with Gasteiger partial charge in [-0.2, -0.15) is 0 Å². The van der Waals surface area contributed by atoms with E-state index in [2.05, 4.69) is 50.5 Å². The lowest BCUT2D eigenvalue weighted by Crippen LogP contribution is -2.22. The molecule has 2 aromatic rings. The van der Waals surface area contributed by atoms with Crippen LogP contribution in [-0.2, 0) is 0 Å². The van der Waals surface area contributed by atoms with Crippen molar-refractivity contribution in [2.24, 2.45) is 5.92 Å². The lowest BCUT2D eigenvalue weighted by Gasteiger charge is -2.18. The fraction of sp³-hybridized carbons (Fsp3) is 0.375. The third kappa shape index (κ3) is 3.64. The monoisotopic (exact) mass is 302 g/mol. The summed E-state index contributed by atoms with van der Waals surface area (Å²) in [6, 6.07) is 12.4. The van der Waals surface area contributed by atoms with Crippen LogP contribution in [0.15, 0.2) is 36.4 Å². The Labute approximate surface area is 130 Å². The molecule has 1 N–H and O–H groups in total. The molecular formula is C16H19ClN4. The van der Waals surface area contributed by atoms with Gasteiger partial charge in [0.25, 0.3) is 0 Å². The van der Waals surface area contributed by atoms with Crippen LogP contribution in [0.4, 0.5) is 11.5 Å². The predicted octanol–water partition coefficient (Wildman–Crippen LogP) is 3.38. The highest BCUT2D eigenvalue weighted by atomic mass is 35.5. The van der Waals surface area contributed by atoms with Gasteiger partial charge in [-0.25, -0.2) is 9.97 Å². The van der Waals surface area contributed by atoms with Gasteiger partial charge in [0.05, 0.1) is 0 Å². The summed E-state index contributed by atoms with van der Waals surface area (Å²) < 4.78 is 0. The Bertz CT molecular complexity index is 582. The third-order valence-corrected chi connectivity index (χ3v) is 3.98. The van der Waals surface area contributed by atoms with Crippen molar-refractivity contribution in [1.82, 2.24) is 9.97 Å². The molecule has 21 heavy (non-hydrogen) atoms. The molecule has 3 rings (SSSR count). The smallest absolute Gasteiger partial charge is 0.134 e. The van der Waals surface area contributed by atoms with Crippen molar-refractivity contribution >= 4 is 23.1 Å². The minimum Gasteiger partial charge on any atom is -0.371 e. The molecule has 1 aliphatic heterocycles. The molecule has 0 unspecified atom stereocenters. The van der Waals surface area contributed by atoms with Crippen molar-refractivity contribution in [2.75, 3.05) is 29.9 Å². The highest BCUT2D eigenvalue weighted by Crippen LogP contribution is 2.23. The Hall–Kier alpha value is -1.81. The zero-order chi connectivity index (χ0) is 14.7. The minimum absolute atomic E-state index is 0.488. The molecule has 0 amide bonds. The molecule has 1 aromatic heterocycles. The van der Waals surface area contributed by atoms with Gasteiger partial charge in [-0.1, -0.05) is 29.8 Å². The minimum atomic E-state index is 0.488. The molecular weight excluding hydrogens is 284 g/mol. The predicted molar refractivity (Wildman–Crippen MR) is 87.0 cm³/mol. The summed E-state index contributed by atoms with van der Waals surface area (Å²) in [7, 11) is 0. The van der Waals surface area contributed by atoms with Crippen molar-refractivity contribution in [2.45, 2.75) is 13.3 Å². The van der Waals surface area contributed by atoms with E-state index in [1.54, 1.807) is 6.07 Å². The van der Waals surface area contributed by atoms with Crippen LogP contribution in [0, 0.1) is 12.8 Å². The molecule has 110 valence electrons. The summed E-state index contributed by atoms with van der Waals surface area (Å²) in [5, 5.41) is 3.87. The van der Waals surface area contributed by atoms with Crippen LogP contribution in [-0.4, -0.2) is 29.6 Å². The van der Waals surface area contributed by atoms with Crippen molar-refractivity contribution in [3.8, 4) is 0 Å². The second-order valence-corrected chi connectivity index (χ2v) is 5.83. The molecule has 1 atom stereocenters. The molecule has 2 heterocycles. The number of hydrogen-bond acceptors (Lipinski definition) is 4. The van der Waals surface area contributed by atoms with Gasteiger partial charge in [0.15, 0.2) is 0 Å². The Morgan fingerprint density at radius 3 is 2.86 bits per heavy atom. The van der Waals surface area contributed by atoms with Crippen LogP contribution in [0.5, 0.6) is 0 Å². The molecule has 0 saturated carbocycles. The van der Waals surface area contributed by atoms with Crippen molar-refractivity contribution in [3.05, 3.63) is 47.4 Å². The van der Waals surface area contributed by atoms with Crippen LogP contribution < -0.4 is 10.2 Å². The van der Waals surface area contributed by atoms with E-state index < -0.39 is 0 Å². The second-order valence-electron chi connectivity index (χ2n) is 5.44. The number of halogens is 1. The maximum Gasteiger partial charge on any atom is 0.134 e. The largest absolute Gasteiger partial charge is 0.371 e. The summed E-state index contributed by atoms with van der Waals surface area (Å²) in [6.07, 6.45) is 1.19. The maximum atomic E-state index is 5.95. The molecule has 0 radical (unpaired) electrons. The quantitative estimate of drug-likeness (QED) is 0.879. The van der Waals surface area contributed by atoms with Crippen LogP contribution in [0.25, 0.3) is 0 Å². The van der Waals surface area contributed by atoms with E-state index >= 15 is 0 Å². The van der Waals surface area contributed by atoms with E-state index in [1.807, 2.05) is 6.92 Å². The van der Waals surface area contributed by atoms with Crippen molar-refractivity contribution in [3.63, 3.8) is 0 Å². The van der Waals surface area contributed by atoms with Gasteiger partial charge in [0, 0.05) is 31.4 Å². The Morgan fingerprint density at radius 2 is 2.10 bits per heavy atom. The second kappa shape index (κ2) is 6.31. The van der Waals surface area contributed by atoms with Crippen LogP contribution >= 0.6 is 11.6 Å². The number of aromatic nitrogens is 2. The fourth-order valence-corrected chi connectivity index (χ4v) is 2.97. The average molecular weight is 303 g/mol. The molecule has 1 aliphatic rings. The number of nitrogens with one attached hydrogen (secondary N) is 1. The first-order valence-corrected chi connectivity index (χ1v) is 7.63. The first-order valence-electron chi connectivity index (χ1n) is 7.26. The Morgan fingerprint density at radius 1 is 1.29 bits per heavy atom. The maximum absolute atomic E-state index is 5.95. The van der Waals surface area contributed by atoms with Gasteiger partial charge >= 0.3 is 0 Å². The van der Waals surface area contributed by atoms with E-state index in [-0.39, 0.29) is 0 Å². The molecule has 1 aromatic carbocycles. The summed E-state index contributed by atoms with van der Waals surface area (Å²) in [4.78, 5) is 10.9. The van der Waals surface area contributed by atoms with Gasteiger partial charge in [0.1, 0.15) is 16.8 Å². The van der Waals surface area contributed by atoms with Gasteiger partial charge in [-0.05, 0) is 31.4 Å². The molecule has 4 nitrogen and oxygen atoms in total. The normalized spacial score (nSPS) is 18.0. The molecule has 0 spiro atoms. The third-order valence-electron chi connectivity index (χ3n) is 3.79. The highest BCUT2D eigenvalue weighted by Gasteiger charge is 2.22. The molecule has 1 saturated heterocycles. The average Bonchev–Trinajstić information content (AvgIpc) is 2.94. The molecule has 0 aliphatic carbocycles. The van der Waals surface area contributed by atoms with E-state index in [4.69, 9.17) is 11.6 Å². The van der Waals surface area contributed by atoms with Gasteiger partial charge in [0.2, 0.25) is 0 Å². The van der Waals surface area contributed by atoms with E-state index in [1.165, 1.54) is 12.1 Å². The summed E-state index contributed by atoms with van der Waals surface area (Å²) >= 11 is 5.95. The van der Waals surface area contributed by atoms with Crippen molar-refractivity contribution < 1.29 is 0 Å². The first kappa shape index (κ1) is 14.1. The molecule has 1 fully saturated rings. The van der Waals surface area contributed by atoms with Crippen LogP contribution in [0.3, 0.4) is 0 Å². The number of hydrogen-bond donors (Lipinski definition) is 1. The number of rotatable bonds is 4. The molecule has 0 bridgehead atoms. The summed E-state index contributed by atoms with van der Waals surface area (Å²) in [6.45, 7) is 4.95. The molecule has 5 heteroatoms. The summed E-state index contributed by atoms with van der Waals surface area (Å²) in [5.74, 6) is 2.13. The standard InChI is InChI=1S/C16H19ClN4/c1-12-19-15(17)9-16(20-12)18-10-13-7-8-21(11-13)14-5-3-2-4-6-14/h2-6,9,13H,7-8,10-11H2,1H3,(H,18,19,20)/t13-/m0/s1. The van der Waals surface area contributed by atoms with Gasteiger partial charge < -0.3 is 10.2 Å². The van der Waals surface area contributed by atoms with E-state index in [0.717, 1.165) is 25.5 Å². The number of para-hydroxylation sites is 1. The Balaban J connectivity index is 1.55. The SMILES string of the molecule is Cc1nc(Cl)cc(NC[C@@H]2CCN(c3ccccc3)C2)n1. The number of anilines is 2. The first-order chi connectivity index (χ1) is 10.2. The lowest BCUT2D eigenvalue weighted by molar-refractivity contribution is 0.621. The zero-order valence-corrected chi connectivity index (χ0v) is 12.8. The van der Waals surface area contributed by atoms with Crippen LogP contribution in [0.2, 0.25) is 5.15 Å². The highest BCUT2D eigenvalue weighted by molar-refractivity contribution is 6.29. The zero-order valence-electron chi connectivity index (χ0n) is 12.1. The van der Waals surface area contributed by atoms with Crippen LogP contribution in [0.1, 0.15) is 12.2 Å². The van der Waals surface area contributed by atoms with Crippen molar-refractivity contribution in [1.29, 1.82) is 0 Å². The summed E-state index contributed by atoms with van der Waals surface area (Å²) in [5.41, 5.74) is 1.31. The lowest BCUT2D eigenvalue weighted by atomic mass is 10.1. The van der Waals surface area contributed by atoms with E-state index in [0.29, 0.717) is 16.9 Å². The van der Waals surface area contributed by atoms with E-state index in [9.17, 15) is 0 Å².